The molecule has 3 aromatic rings. The van der Waals surface area contributed by atoms with Gasteiger partial charge in [0.1, 0.15) is 15.8 Å². The lowest BCUT2D eigenvalue weighted by Crippen LogP contribution is -2.58. The van der Waals surface area contributed by atoms with Crippen molar-refractivity contribution >= 4 is 51.0 Å². The molecule has 0 aliphatic heterocycles. The van der Waals surface area contributed by atoms with Crippen LogP contribution in [0.25, 0.3) is 0 Å². The third-order valence-corrected chi connectivity index (χ3v) is 8.37. The average Bonchev–Trinajstić information content (AvgIpc) is 2.87. The molecule has 1 amide bonds. The van der Waals surface area contributed by atoms with Crippen molar-refractivity contribution < 1.29 is 23.1 Å². The van der Waals surface area contributed by atoms with Crippen LogP contribution in [0.1, 0.15) is 55.2 Å². The molecule has 0 unspecified atom stereocenters. The Bertz CT molecular complexity index is 1430. The first kappa shape index (κ1) is 31.5. The van der Waals surface area contributed by atoms with E-state index in [0.29, 0.717) is 11.3 Å². The van der Waals surface area contributed by atoms with Crippen molar-refractivity contribution in [1.82, 2.24) is 14.0 Å². The molecule has 0 aliphatic rings. The van der Waals surface area contributed by atoms with E-state index in [9.17, 15) is 23.1 Å². The second-order valence-corrected chi connectivity index (χ2v) is 12.5. The predicted octanol–water partition coefficient (Wildman–Crippen LogP) is 5.58. The summed E-state index contributed by atoms with van der Waals surface area (Å²) in [5.74, 6) is -1.78. The first-order valence-corrected chi connectivity index (χ1v) is 14.7. The number of halogens is 2. The highest BCUT2D eigenvalue weighted by Gasteiger charge is 2.41. The second-order valence-electron chi connectivity index (χ2n) is 10.1. The minimum Gasteiger partial charge on any atom is -0.480 e. The van der Waals surface area contributed by atoms with Crippen LogP contribution in [0.15, 0.2) is 66.7 Å². The molecule has 214 valence electrons. The molecular weight excluding hydrogens is 575 g/mol. The van der Waals surface area contributed by atoms with E-state index in [2.05, 4.69) is 15.0 Å². The molecule has 1 aromatic heterocycles. The number of benzene rings is 2. The molecule has 2 atom stereocenters. The van der Waals surface area contributed by atoms with E-state index in [1.54, 1.807) is 31.2 Å². The third kappa shape index (κ3) is 8.25. The predicted molar refractivity (Wildman–Crippen MR) is 157 cm³/mol. The van der Waals surface area contributed by atoms with Crippen LogP contribution in [0.3, 0.4) is 0 Å². The Hall–Kier alpha value is -3.02. The van der Waals surface area contributed by atoms with Crippen LogP contribution in [0.4, 0.5) is 5.69 Å². The van der Waals surface area contributed by atoms with Crippen molar-refractivity contribution in [2.24, 2.45) is 5.92 Å². The number of pyridine rings is 1. The molecule has 1 heterocycles. The van der Waals surface area contributed by atoms with Crippen molar-refractivity contribution in [1.29, 1.82) is 0 Å². The third-order valence-electron chi connectivity index (χ3n) is 6.19. The number of carboxylic acid groups (broad SMARTS) is 1. The number of carbonyl (C=O) groups excluding carboxylic acids is 1. The van der Waals surface area contributed by atoms with Gasteiger partial charge in [-0.1, -0.05) is 79.5 Å². The summed E-state index contributed by atoms with van der Waals surface area (Å²) >= 11 is 11.7. The maximum absolute atomic E-state index is 13.6. The zero-order valence-corrected chi connectivity index (χ0v) is 24.9. The summed E-state index contributed by atoms with van der Waals surface area (Å²) in [4.78, 5) is 28.8. The highest BCUT2D eigenvalue weighted by molar-refractivity contribution is 7.87. The molecule has 0 spiro atoms. The number of rotatable bonds is 12. The molecule has 40 heavy (non-hydrogen) atoms. The fourth-order valence-electron chi connectivity index (χ4n) is 4.13. The minimum atomic E-state index is -4.23. The first-order valence-electron chi connectivity index (χ1n) is 12.5. The molecule has 0 radical (unpaired) electrons. The molecule has 2 aromatic carbocycles. The Morgan fingerprint density at radius 1 is 1.00 bits per heavy atom. The van der Waals surface area contributed by atoms with E-state index in [0.717, 1.165) is 5.56 Å². The number of aliphatic carboxylic acids is 1. The topological polar surface area (TPSA) is 129 Å². The van der Waals surface area contributed by atoms with Crippen molar-refractivity contribution in [3.8, 4) is 0 Å². The SMILES string of the molecule is CC(C)CN([C@@H](C)c1ccccc1)S(=O)(=O)N[C@@](C)(Cc1ccc(NC(=O)c2cc(Cl)nc(Cl)c2)cc1)C(=O)O. The number of anilines is 1. The monoisotopic (exact) mass is 606 g/mol. The van der Waals surface area contributed by atoms with Crippen LogP contribution in [-0.2, 0) is 21.4 Å². The van der Waals surface area contributed by atoms with Gasteiger partial charge in [-0.05, 0) is 55.2 Å². The van der Waals surface area contributed by atoms with E-state index in [1.807, 2.05) is 44.2 Å². The lowest BCUT2D eigenvalue weighted by Gasteiger charge is -2.34. The van der Waals surface area contributed by atoms with Gasteiger partial charge in [-0.25, -0.2) is 4.98 Å². The maximum Gasteiger partial charge on any atom is 0.324 e. The van der Waals surface area contributed by atoms with Crippen molar-refractivity contribution in [2.45, 2.75) is 45.7 Å². The second kappa shape index (κ2) is 13.1. The smallest absolute Gasteiger partial charge is 0.324 e. The summed E-state index contributed by atoms with van der Waals surface area (Å²) in [6.07, 6.45) is -0.138. The normalized spacial score (nSPS) is 14.1. The zero-order chi connectivity index (χ0) is 29.7. The molecule has 9 nitrogen and oxygen atoms in total. The van der Waals surface area contributed by atoms with Gasteiger partial charge in [-0.3, -0.25) is 9.59 Å². The maximum atomic E-state index is 13.6. The first-order chi connectivity index (χ1) is 18.7. The molecule has 0 bridgehead atoms. The Balaban J connectivity index is 1.80. The van der Waals surface area contributed by atoms with Gasteiger partial charge in [0.05, 0.1) is 0 Å². The van der Waals surface area contributed by atoms with Gasteiger partial charge >= 0.3 is 5.97 Å². The van der Waals surface area contributed by atoms with Crippen LogP contribution in [0.5, 0.6) is 0 Å². The standard InChI is InChI=1S/C28H32Cl2N4O5S/c1-18(2)17-34(19(3)21-8-6-5-7-9-21)40(38,39)33-28(4,27(36)37)16-20-10-12-23(13-11-20)31-26(35)22-14-24(29)32-25(30)15-22/h5-15,18-19,33H,16-17H2,1-4H3,(H,31,35)(H,36,37)/t19-,28-/m0/s1. The molecule has 12 heteroatoms. The molecule has 0 aliphatic carbocycles. The van der Waals surface area contributed by atoms with Crippen LogP contribution >= 0.6 is 23.2 Å². The quantitative estimate of drug-likeness (QED) is 0.231. The highest BCUT2D eigenvalue weighted by Crippen LogP contribution is 2.26. The fraction of sp³-hybridized carbons (Fsp3) is 0.321. The van der Waals surface area contributed by atoms with E-state index in [-0.39, 0.29) is 34.8 Å². The number of carboxylic acids is 1. The van der Waals surface area contributed by atoms with Gasteiger partial charge in [0.15, 0.2) is 0 Å². The van der Waals surface area contributed by atoms with Crippen LogP contribution in [0.2, 0.25) is 10.3 Å². The lowest BCUT2D eigenvalue weighted by molar-refractivity contribution is -0.143. The molecular formula is C28H32Cl2N4O5S. The van der Waals surface area contributed by atoms with Crippen LogP contribution in [0, 0.1) is 5.92 Å². The summed E-state index contributed by atoms with van der Waals surface area (Å²) in [7, 11) is -4.23. The number of carbonyl (C=O) groups is 2. The number of amides is 1. The van der Waals surface area contributed by atoms with Crippen molar-refractivity contribution in [2.75, 3.05) is 11.9 Å². The van der Waals surface area contributed by atoms with Crippen LogP contribution in [-0.4, -0.2) is 46.8 Å². The van der Waals surface area contributed by atoms with Gasteiger partial charge < -0.3 is 10.4 Å². The van der Waals surface area contributed by atoms with Crippen molar-refractivity contribution in [3.05, 3.63) is 93.7 Å². The highest BCUT2D eigenvalue weighted by atomic mass is 35.5. The molecule has 0 saturated carbocycles. The molecule has 3 N–H and O–H groups in total. The van der Waals surface area contributed by atoms with Gasteiger partial charge in [0.2, 0.25) is 0 Å². The van der Waals surface area contributed by atoms with Crippen LogP contribution < -0.4 is 10.0 Å². The Morgan fingerprint density at radius 3 is 2.10 bits per heavy atom. The summed E-state index contributed by atoms with van der Waals surface area (Å²) in [6.45, 7) is 7.10. The van der Waals surface area contributed by atoms with E-state index < -0.39 is 33.7 Å². The van der Waals surface area contributed by atoms with E-state index in [1.165, 1.54) is 23.4 Å². The van der Waals surface area contributed by atoms with Gasteiger partial charge in [-0.2, -0.15) is 17.4 Å². The minimum absolute atomic E-state index is 0.000719. The number of aromatic nitrogens is 1. The Labute approximate surface area is 244 Å². The average molecular weight is 608 g/mol. The summed E-state index contributed by atoms with van der Waals surface area (Å²) < 4.78 is 31.0. The number of nitrogens with one attached hydrogen (secondary N) is 2. The largest absolute Gasteiger partial charge is 0.480 e. The van der Waals surface area contributed by atoms with E-state index in [4.69, 9.17) is 23.2 Å². The number of hydrogen-bond acceptors (Lipinski definition) is 5. The Kier molecular flexibility index (Phi) is 10.3. The summed E-state index contributed by atoms with van der Waals surface area (Å²) in [5, 5.41) is 13.0. The van der Waals surface area contributed by atoms with Gasteiger partial charge in [0, 0.05) is 30.3 Å². The lowest BCUT2D eigenvalue weighted by atomic mass is 9.94. The van der Waals surface area contributed by atoms with Crippen molar-refractivity contribution in [3.63, 3.8) is 0 Å². The molecule has 0 fully saturated rings. The van der Waals surface area contributed by atoms with E-state index >= 15 is 0 Å². The molecule has 0 saturated heterocycles. The zero-order valence-electron chi connectivity index (χ0n) is 22.6. The summed E-state index contributed by atoms with van der Waals surface area (Å²) in [5.41, 5.74) is 0.152. The number of nitrogens with zero attached hydrogens (tertiary/aromatic N) is 2. The fourth-order valence-corrected chi connectivity index (χ4v) is 6.47. The summed E-state index contributed by atoms with van der Waals surface area (Å²) in [6, 6.07) is 17.8. The van der Waals surface area contributed by atoms with Gasteiger partial charge in [0.25, 0.3) is 16.1 Å². The Morgan fingerprint density at radius 2 is 1.57 bits per heavy atom. The molecule has 3 rings (SSSR count). The number of hydrogen-bond donors (Lipinski definition) is 3. The van der Waals surface area contributed by atoms with Gasteiger partial charge in [-0.15, -0.1) is 0 Å².